The van der Waals surface area contributed by atoms with Gasteiger partial charge in [-0.05, 0) is 25.7 Å². The smallest absolute Gasteiger partial charge is 0.125 e. The fourth-order valence-corrected chi connectivity index (χ4v) is 2.74. The Morgan fingerprint density at radius 3 is 2.06 bits per heavy atom. The van der Waals surface area contributed by atoms with Crippen LogP contribution in [0.25, 0.3) is 0 Å². The minimum absolute atomic E-state index is 0.586. The molecule has 0 aromatic rings. The van der Waals surface area contributed by atoms with Gasteiger partial charge in [0.15, 0.2) is 0 Å². The third kappa shape index (κ3) is 6.29. The van der Waals surface area contributed by atoms with Gasteiger partial charge in [-0.2, -0.15) is 0 Å². The van der Waals surface area contributed by atoms with Crippen molar-refractivity contribution in [2.45, 2.75) is 44.1 Å². The van der Waals surface area contributed by atoms with Crippen molar-refractivity contribution >= 4 is 23.2 Å². The average molecular weight is 292 g/mol. The second-order valence-corrected chi connectivity index (χ2v) is 5.66. The van der Waals surface area contributed by atoms with E-state index in [1.165, 1.54) is 12.8 Å². The van der Waals surface area contributed by atoms with Crippen LogP contribution >= 0.6 is 23.2 Å². The molecule has 0 heterocycles. The summed E-state index contributed by atoms with van der Waals surface area (Å²) in [5.74, 6) is 7.34. The van der Waals surface area contributed by atoms with Crippen molar-refractivity contribution in [3.05, 3.63) is 0 Å². The van der Waals surface area contributed by atoms with Gasteiger partial charge in [0.25, 0.3) is 0 Å². The molecule has 0 aliphatic heterocycles. The molecular formula is C14H23Cl2NO. The van der Waals surface area contributed by atoms with E-state index in [0.29, 0.717) is 18.3 Å². The molecule has 1 aliphatic rings. The molecule has 0 unspecified atom stereocenters. The third-order valence-corrected chi connectivity index (χ3v) is 3.69. The quantitative estimate of drug-likeness (QED) is 0.478. The van der Waals surface area contributed by atoms with Crippen molar-refractivity contribution in [1.29, 1.82) is 0 Å². The Labute approximate surface area is 121 Å². The summed E-state index contributed by atoms with van der Waals surface area (Å²) in [5.41, 5.74) is -0.760. The summed E-state index contributed by atoms with van der Waals surface area (Å²) in [6.45, 7) is 2.23. The Morgan fingerprint density at radius 1 is 1.00 bits per heavy atom. The first-order valence-corrected chi connectivity index (χ1v) is 7.84. The molecule has 4 heteroatoms. The highest BCUT2D eigenvalue weighted by Gasteiger charge is 2.25. The lowest BCUT2D eigenvalue weighted by Crippen LogP contribution is -2.29. The number of rotatable bonds is 5. The van der Waals surface area contributed by atoms with Crippen LogP contribution in [0, 0.1) is 11.8 Å². The summed E-state index contributed by atoms with van der Waals surface area (Å²) < 4.78 is 0. The van der Waals surface area contributed by atoms with Crippen LogP contribution < -0.4 is 0 Å². The lowest BCUT2D eigenvalue weighted by Gasteiger charge is -2.20. The molecule has 0 spiro atoms. The standard InChI is InChI=1S/C14H23Cl2NO/c15-9-12-17(13-10-16)11-5-8-14(18)6-3-1-2-4-7-14/h18H,1-4,6-7,9-13H2. The minimum atomic E-state index is -0.760. The van der Waals surface area contributed by atoms with E-state index in [0.717, 1.165) is 38.8 Å². The number of nitrogens with zero attached hydrogens (tertiary/aromatic N) is 1. The van der Waals surface area contributed by atoms with E-state index >= 15 is 0 Å². The first kappa shape index (κ1) is 16.1. The Morgan fingerprint density at radius 2 is 1.56 bits per heavy atom. The molecule has 1 fully saturated rings. The molecule has 0 aromatic heterocycles. The van der Waals surface area contributed by atoms with Crippen molar-refractivity contribution in [2.24, 2.45) is 0 Å². The first-order valence-electron chi connectivity index (χ1n) is 6.77. The largest absolute Gasteiger partial charge is 0.378 e. The van der Waals surface area contributed by atoms with Crippen LogP contribution in [0.5, 0.6) is 0 Å². The zero-order chi connectivity index (χ0) is 13.3. The highest BCUT2D eigenvalue weighted by Crippen LogP contribution is 2.26. The lowest BCUT2D eigenvalue weighted by atomic mass is 9.95. The van der Waals surface area contributed by atoms with Gasteiger partial charge >= 0.3 is 0 Å². The van der Waals surface area contributed by atoms with Gasteiger partial charge in [-0.15, -0.1) is 23.2 Å². The minimum Gasteiger partial charge on any atom is -0.378 e. The molecule has 0 aromatic carbocycles. The number of hydrogen-bond donors (Lipinski definition) is 1. The normalized spacial score (nSPS) is 19.1. The van der Waals surface area contributed by atoms with Crippen LogP contribution in [-0.2, 0) is 0 Å². The molecule has 0 amide bonds. The SMILES string of the molecule is OC1(C#CCN(CCCl)CCCl)CCCCCC1. The van der Waals surface area contributed by atoms with Crippen molar-refractivity contribution in [1.82, 2.24) is 4.90 Å². The molecule has 0 atom stereocenters. The van der Waals surface area contributed by atoms with Gasteiger partial charge in [0.2, 0.25) is 0 Å². The van der Waals surface area contributed by atoms with Crippen molar-refractivity contribution in [3.8, 4) is 11.8 Å². The fourth-order valence-electron chi connectivity index (χ4n) is 2.26. The molecule has 1 saturated carbocycles. The second kappa shape index (κ2) is 9.04. The number of hydrogen-bond acceptors (Lipinski definition) is 2. The Kier molecular flexibility index (Phi) is 8.10. The third-order valence-electron chi connectivity index (χ3n) is 3.36. The van der Waals surface area contributed by atoms with E-state index in [4.69, 9.17) is 23.2 Å². The van der Waals surface area contributed by atoms with Crippen molar-refractivity contribution in [2.75, 3.05) is 31.4 Å². The molecule has 1 N–H and O–H groups in total. The summed E-state index contributed by atoms with van der Waals surface area (Å²) in [5, 5.41) is 10.4. The van der Waals surface area contributed by atoms with Crippen molar-refractivity contribution in [3.63, 3.8) is 0 Å². The van der Waals surface area contributed by atoms with E-state index < -0.39 is 5.60 Å². The summed E-state index contributed by atoms with van der Waals surface area (Å²) >= 11 is 11.5. The van der Waals surface area contributed by atoms with E-state index in [9.17, 15) is 5.11 Å². The van der Waals surface area contributed by atoms with Gasteiger partial charge in [0.05, 0.1) is 6.54 Å². The van der Waals surface area contributed by atoms with E-state index in [2.05, 4.69) is 16.7 Å². The van der Waals surface area contributed by atoms with Crippen molar-refractivity contribution < 1.29 is 5.11 Å². The van der Waals surface area contributed by atoms with Gasteiger partial charge in [0, 0.05) is 24.8 Å². The van der Waals surface area contributed by atoms with Crippen LogP contribution in [0.1, 0.15) is 38.5 Å². The number of alkyl halides is 2. The van der Waals surface area contributed by atoms with Crippen LogP contribution in [0.3, 0.4) is 0 Å². The van der Waals surface area contributed by atoms with Crippen LogP contribution in [0.15, 0.2) is 0 Å². The molecule has 2 nitrogen and oxygen atoms in total. The Hall–Kier alpha value is 0.0600. The molecule has 0 saturated heterocycles. The zero-order valence-corrected chi connectivity index (χ0v) is 12.4. The monoisotopic (exact) mass is 291 g/mol. The van der Waals surface area contributed by atoms with Gasteiger partial charge in [-0.3, -0.25) is 4.90 Å². The van der Waals surface area contributed by atoms with Gasteiger partial charge in [0.1, 0.15) is 5.60 Å². The van der Waals surface area contributed by atoms with Gasteiger partial charge in [-0.1, -0.05) is 24.7 Å². The average Bonchev–Trinajstić information content (AvgIpc) is 2.55. The predicted octanol–water partition coefficient (Wildman–Crippen LogP) is 2.85. The van der Waals surface area contributed by atoms with Crippen LogP contribution in [0.2, 0.25) is 0 Å². The number of aliphatic hydroxyl groups is 1. The Balaban J connectivity index is 2.46. The molecule has 104 valence electrons. The molecule has 1 aliphatic carbocycles. The predicted molar refractivity (Wildman–Crippen MR) is 78.3 cm³/mol. The topological polar surface area (TPSA) is 23.5 Å². The molecular weight excluding hydrogens is 269 g/mol. The van der Waals surface area contributed by atoms with Crippen LogP contribution in [-0.4, -0.2) is 47.0 Å². The molecule has 0 radical (unpaired) electrons. The molecule has 18 heavy (non-hydrogen) atoms. The maximum absolute atomic E-state index is 10.4. The first-order chi connectivity index (χ1) is 8.70. The fraction of sp³-hybridized carbons (Fsp3) is 0.857. The van der Waals surface area contributed by atoms with Gasteiger partial charge in [-0.25, -0.2) is 0 Å². The highest BCUT2D eigenvalue weighted by molar-refractivity contribution is 6.18. The number of halogens is 2. The maximum atomic E-state index is 10.4. The van der Waals surface area contributed by atoms with Gasteiger partial charge < -0.3 is 5.11 Å². The zero-order valence-electron chi connectivity index (χ0n) is 10.9. The van der Waals surface area contributed by atoms with E-state index in [1.54, 1.807) is 0 Å². The molecule has 1 rings (SSSR count). The van der Waals surface area contributed by atoms with E-state index in [-0.39, 0.29) is 0 Å². The summed E-state index contributed by atoms with van der Waals surface area (Å²) in [7, 11) is 0. The maximum Gasteiger partial charge on any atom is 0.125 e. The summed E-state index contributed by atoms with van der Waals surface area (Å²) in [6, 6.07) is 0. The highest BCUT2D eigenvalue weighted by atomic mass is 35.5. The second-order valence-electron chi connectivity index (χ2n) is 4.90. The lowest BCUT2D eigenvalue weighted by molar-refractivity contribution is 0.0847. The van der Waals surface area contributed by atoms with E-state index in [1.807, 2.05) is 0 Å². The molecule has 0 bridgehead atoms. The Bertz CT molecular complexity index is 271. The summed E-state index contributed by atoms with van der Waals surface area (Å²) in [6.07, 6.45) is 6.22. The van der Waals surface area contributed by atoms with Crippen LogP contribution in [0.4, 0.5) is 0 Å². The summed E-state index contributed by atoms with van der Waals surface area (Å²) in [4.78, 5) is 2.12.